The second-order valence-electron chi connectivity index (χ2n) is 10.3. The Hall–Kier alpha value is -2.21. The summed E-state index contributed by atoms with van der Waals surface area (Å²) in [6, 6.07) is 6.46. The molecule has 0 aliphatic heterocycles. The number of benzene rings is 1. The van der Waals surface area contributed by atoms with Crippen LogP contribution in [-0.2, 0) is 11.2 Å². The largest absolute Gasteiger partial charge is 0.396 e. The average molecular weight is 427 g/mol. The summed E-state index contributed by atoms with van der Waals surface area (Å²) in [6.07, 6.45) is 6.19. The van der Waals surface area contributed by atoms with Gasteiger partial charge in [-0.25, -0.2) is 0 Å². The molecule has 2 N–H and O–H groups in total. The molecule has 1 saturated carbocycles. The second kappa shape index (κ2) is 9.94. The van der Waals surface area contributed by atoms with Gasteiger partial charge >= 0.3 is 0 Å². The molecule has 1 aliphatic carbocycles. The van der Waals surface area contributed by atoms with Crippen molar-refractivity contribution in [3.63, 3.8) is 0 Å². The average Bonchev–Trinajstić information content (AvgIpc) is 3.42. The monoisotopic (exact) mass is 426 g/mol. The Balaban J connectivity index is 1.73. The van der Waals surface area contributed by atoms with Crippen LogP contribution in [0.3, 0.4) is 0 Å². The molecule has 1 aromatic heterocycles. The Morgan fingerprint density at radius 3 is 2.61 bits per heavy atom. The number of aromatic nitrogens is 3. The number of nitrogens with one attached hydrogen (secondary N) is 1. The smallest absolute Gasteiger partial charge is 0.225 e. The van der Waals surface area contributed by atoms with E-state index in [4.69, 9.17) is 0 Å². The lowest BCUT2D eigenvalue weighted by Crippen LogP contribution is -2.20. The summed E-state index contributed by atoms with van der Waals surface area (Å²) in [7, 11) is 0. The Morgan fingerprint density at radius 2 is 2.00 bits per heavy atom. The van der Waals surface area contributed by atoms with Crippen LogP contribution in [-0.4, -0.2) is 32.4 Å². The van der Waals surface area contributed by atoms with Gasteiger partial charge in [0.25, 0.3) is 0 Å². The van der Waals surface area contributed by atoms with E-state index < -0.39 is 0 Å². The highest BCUT2D eigenvalue weighted by molar-refractivity contribution is 5.92. The molecule has 1 fully saturated rings. The summed E-state index contributed by atoms with van der Waals surface area (Å²) in [5, 5.41) is 21.7. The molecule has 6 heteroatoms. The van der Waals surface area contributed by atoms with Crippen molar-refractivity contribution >= 4 is 11.6 Å². The van der Waals surface area contributed by atoms with Crippen LogP contribution in [0.1, 0.15) is 94.0 Å². The fourth-order valence-corrected chi connectivity index (χ4v) is 4.15. The van der Waals surface area contributed by atoms with Gasteiger partial charge in [0, 0.05) is 37.1 Å². The number of rotatable bonds is 10. The normalized spacial score (nSPS) is 15.2. The molecule has 0 unspecified atom stereocenters. The van der Waals surface area contributed by atoms with Gasteiger partial charge in [-0.05, 0) is 63.0 Å². The van der Waals surface area contributed by atoms with E-state index in [0.29, 0.717) is 24.3 Å². The van der Waals surface area contributed by atoms with Crippen LogP contribution in [0.4, 0.5) is 5.69 Å². The first-order valence-corrected chi connectivity index (χ1v) is 11.6. The number of aliphatic hydroxyl groups excluding tert-OH is 1. The van der Waals surface area contributed by atoms with Crippen molar-refractivity contribution in [2.45, 2.75) is 91.5 Å². The van der Waals surface area contributed by atoms with E-state index in [1.165, 1.54) is 5.56 Å². The van der Waals surface area contributed by atoms with Gasteiger partial charge in [-0.2, -0.15) is 0 Å². The fraction of sp³-hybridized carbons (Fsp3) is 0.640. The quantitative estimate of drug-likeness (QED) is 0.554. The predicted octanol–water partition coefficient (Wildman–Crippen LogP) is 5.09. The third kappa shape index (κ3) is 6.63. The van der Waals surface area contributed by atoms with Crippen LogP contribution >= 0.6 is 0 Å². The van der Waals surface area contributed by atoms with E-state index in [2.05, 4.69) is 46.9 Å². The highest BCUT2D eigenvalue weighted by Crippen LogP contribution is 2.39. The third-order valence-corrected chi connectivity index (χ3v) is 5.96. The maximum Gasteiger partial charge on any atom is 0.225 e. The zero-order chi connectivity index (χ0) is 22.6. The van der Waals surface area contributed by atoms with Crippen molar-refractivity contribution in [2.75, 3.05) is 11.9 Å². The van der Waals surface area contributed by atoms with Gasteiger partial charge < -0.3 is 15.0 Å². The summed E-state index contributed by atoms with van der Waals surface area (Å²) in [6.45, 7) is 10.8. The Bertz CT molecular complexity index is 893. The van der Waals surface area contributed by atoms with E-state index in [9.17, 15) is 9.90 Å². The van der Waals surface area contributed by atoms with Gasteiger partial charge in [0.15, 0.2) is 0 Å². The molecule has 0 spiro atoms. The van der Waals surface area contributed by atoms with Crippen molar-refractivity contribution in [2.24, 2.45) is 5.41 Å². The molecule has 0 radical (unpaired) electrons. The van der Waals surface area contributed by atoms with Crippen LogP contribution < -0.4 is 5.32 Å². The van der Waals surface area contributed by atoms with Crippen molar-refractivity contribution in [3.05, 3.63) is 41.0 Å². The molecule has 1 aliphatic rings. The second-order valence-corrected chi connectivity index (χ2v) is 10.3. The molecule has 1 aromatic carbocycles. The van der Waals surface area contributed by atoms with Crippen LogP contribution in [0.25, 0.3) is 0 Å². The summed E-state index contributed by atoms with van der Waals surface area (Å²) in [4.78, 5) is 12.8. The van der Waals surface area contributed by atoms with Gasteiger partial charge in [-0.3, -0.25) is 4.79 Å². The molecule has 2 aromatic rings. The summed E-state index contributed by atoms with van der Waals surface area (Å²) < 4.78 is 2.27. The maximum atomic E-state index is 12.8. The Labute approximate surface area is 186 Å². The molecule has 0 bridgehead atoms. The van der Waals surface area contributed by atoms with Crippen LogP contribution in [0.5, 0.6) is 0 Å². The molecule has 3 rings (SSSR count). The molecule has 1 heterocycles. The Kier molecular flexibility index (Phi) is 7.52. The number of hydrogen-bond donors (Lipinski definition) is 2. The minimum Gasteiger partial charge on any atom is -0.396 e. The zero-order valence-corrected chi connectivity index (χ0v) is 19.7. The molecule has 170 valence electrons. The lowest BCUT2D eigenvalue weighted by Gasteiger charge is -2.19. The first-order valence-electron chi connectivity index (χ1n) is 11.6. The first-order chi connectivity index (χ1) is 14.7. The standard InChI is InChI=1S/C25H38N4O2/c1-17-8-11-21(18(2)15-17)26-23(31)16-19(12-14-30)24-28-27-22(29(24)20-9-10-20)7-6-13-25(3,4)5/h8,11,15,19-20,30H,6-7,9-10,12-14,16H2,1-5H3,(H,26,31)/t19-/m1/s1. The molecule has 1 amide bonds. The van der Waals surface area contributed by atoms with Gasteiger partial charge in [0.05, 0.1) is 0 Å². The van der Waals surface area contributed by atoms with Crippen molar-refractivity contribution in [1.82, 2.24) is 14.8 Å². The minimum atomic E-state index is -0.139. The third-order valence-electron chi connectivity index (χ3n) is 5.96. The van der Waals surface area contributed by atoms with Gasteiger partial charge in [0.1, 0.15) is 11.6 Å². The van der Waals surface area contributed by atoms with Crippen molar-refractivity contribution in [3.8, 4) is 0 Å². The highest BCUT2D eigenvalue weighted by Gasteiger charge is 2.32. The molecule has 1 atom stereocenters. The molecule has 6 nitrogen and oxygen atoms in total. The number of carbonyl (C=O) groups is 1. The zero-order valence-electron chi connectivity index (χ0n) is 19.7. The van der Waals surface area contributed by atoms with E-state index >= 15 is 0 Å². The first kappa shape index (κ1) is 23.5. The highest BCUT2D eigenvalue weighted by atomic mass is 16.3. The number of hydrogen-bond acceptors (Lipinski definition) is 4. The number of aliphatic hydroxyl groups is 1. The van der Waals surface area contributed by atoms with E-state index in [-0.39, 0.29) is 18.4 Å². The molecular formula is C25H38N4O2. The summed E-state index contributed by atoms with van der Waals surface area (Å²) >= 11 is 0. The lowest BCUT2D eigenvalue weighted by atomic mass is 9.90. The minimum absolute atomic E-state index is 0.0262. The van der Waals surface area contributed by atoms with E-state index in [0.717, 1.165) is 55.0 Å². The van der Waals surface area contributed by atoms with Crippen LogP contribution in [0.2, 0.25) is 0 Å². The van der Waals surface area contributed by atoms with Crippen molar-refractivity contribution < 1.29 is 9.90 Å². The maximum absolute atomic E-state index is 12.8. The number of carbonyl (C=O) groups excluding carboxylic acids is 1. The van der Waals surface area contributed by atoms with E-state index in [1.54, 1.807) is 0 Å². The van der Waals surface area contributed by atoms with Gasteiger partial charge in [0.2, 0.25) is 5.91 Å². The topological polar surface area (TPSA) is 80.0 Å². The van der Waals surface area contributed by atoms with Gasteiger partial charge in [-0.1, -0.05) is 38.5 Å². The van der Waals surface area contributed by atoms with Crippen molar-refractivity contribution in [1.29, 1.82) is 0 Å². The fourth-order valence-electron chi connectivity index (χ4n) is 4.15. The number of anilines is 1. The molecule has 0 saturated heterocycles. The number of aryl methyl sites for hydroxylation is 3. The predicted molar refractivity (Wildman–Crippen MR) is 124 cm³/mol. The van der Waals surface area contributed by atoms with E-state index in [1.807, 2.05) is 26.0 Å². The Morgan fingerprint density at radius 1 is 1.26 bits per heavy atom. The van der Waals surface area contributed by atoms with Crippen LogP contribution in [0, 0.1) is 19.3 Å². The summed E-state index contributed by atoms with van der Waals surface area (Å²) in [5.74, 6) is 1.70. The van der Waals surface area contributed by atoms with Crippen LogP contribution in [0.15, 0.2) is 18.2 Å². The molecular weight excluding hydrogens is 388 g/mol. The SMILES string of the molecule is Cc1ccc(NC(=O)C[C@@H](CCO)c2nnc(CCCC(C)(C)C)n2C2CC2)c(C)c1. The number of amides is 1. The lowest BCUT2D eigenvalue weighted by molar-refractivity contribution is -0.116. The number of nitrogens with zero attached hydrogens (tertiary/aromatic N) is 3. The molecule has 31 heavy (non-hydrogen) atoms. The summed E-state index contributed by atoms with van der Waals surface area (Å²) in [5.41, 5.74) is 3.36. The van der Waals surface area contributed by atoms with Gasteiger partial charge in [-0.15, -0.1) is 10.2 Å².